The van der Waals surface area contributed by atoms with Gasteiger partial charge in [0.2, 0.25) is 5.91 Å². The van der Waals surface area contributed by atoms with Crippen molar-refractivity contribution in [3.8, 4) is 0 Å². The van der Waals surface area contributed by atoms with Crippen LogP contribution in [0, 0.1) is 5.82 Å². The van der Waals surface area contributed by atoms with Crippen LogP contribution in [0.2, 0.25) is 0 Å². The Balaban J connectivity index is 1.29. The number of ether oxygens (including phenoxy) is 1. The van der Waals surface area contributed by atoms with Gasteiger partial charge in [0, 0.05) is 43.9 Å². The first-order valence-electron chi connectivity index (χ1n) is 13.5. The summed E-state index contributed by atoms with van der Waals surface area (Å²) < 4.78 is 21.1. The molecule has 5 rings (SSSR count). The molecular weight excluding hydrogens is 481 g/mol. The number of aryl methyl sites for hydroxylation is 2. The first-order valence-corrected chi connectivity index (χ1v) is 13.5. The maximum atomic E-state index is 14.9. The van der Waals surface area contributed by atoms with E-state index in [4.69, 9.17) is 4.74 Å². The number of fused-ring (bicyclic) bond motifs is 1. The van der Waals surface area contributed by atoms with Crippen molar-refractivity contribution < 1.29 is 18.7 Å². The molecule has 6 nitrogen and oxygen atoms in total. The molecule has 0 radical (unpaired) electrons. The Morgan fingerprint density at radius 3 is 2.47 bits per heavy atom. The molecule has 202 valence electrons. The Morgan fingerprint density at radius 2 is 1.76 bits per heavy atom. The number of rotatable bonds is 6. The van der Waals surface area contributed by atoms with Gasteiger partial charge < -0.3 is 15.0 Å². The third-order valence-corrected chi connectivity index (χ3v) is 7.76. The number of hydrogen-bond acceptors (Lipinski definition) is 4. The third-order valence-electron chi connectivity index (χ3n) is 7.76. The summed E-state index contributed by atoms with van der Waals surface area (Å²) in [5.74, 6) is -0.286. The molecule has 0 saturated carbocycles. The lowest BCUT2D eigenvalue weighted by molar-refractivity contribution is -0.182. The lowest BCUT2D eigenvalue weighted by Crippen LogP contribution is -2.56. The summed E-state index contributed by atoms with van der Waals surface area (Å²) in [5, 5.41) is 2.78. The van der Waals surface area contributed by atoms with E-state index in [0.29, 0.717) is 49.1 Å². The van der Waals surface area contributed by atoms with Crippen LogP contribution < -0.4 is 5.32 Å². The number of carbonyl (C=O) groups is 2. The predicted octanol–water partition coefficient (Wildman–Crippen LogP) is 4.75. The number of amides is 2. The number of nitrogens with zero attached hydrogens (tertiary/aromatic N) is 2. The minimum Gasteiger partial charge on any atom is -0.367 e. The summed E-state index contributed by atoms with van der Waals surface area (Å²) in [6.45, 7) is 15.3. The molecule has 38 heavy (non-hydrogen) atoms. The van der Waals surface area contributed by atoms with E-state index in [9.17, 15) is 14.0 Å². The topological polar surface area (TPSA) is 61.9 Å². The van der Waals surface area contributed by atoms with Crippen LogP contribution in [0.15, 0.2) is 48.7 Å². The molecule has 1 N–H and O–H groups in total. The molecule has 2 fully saturated rings. The maximum absolute atomic E-state index is 14.9. The second-order valence-corrected chi connectivity index (χ2v) is 12.2. The summed E-state index contributed by atoms with van der Waals surface area (Å²) in [7, 11) is 0. The number of hydrogen-bond donors (Lipinski definition) is 1. The smallest absolute Gasteiger partial charge is 0.255 e. The van der Waals surface area contributed by atoms with Crippen molar-refractivity contribution in [1.82, 2.24) is 15.1 Å². The second kappa shape index (κ2) is 9.93. The fourth-order valence-electron chi connectivity index (χ4n) is 6.52. The van der Waals surface area contributed by atoms with Crippen molar-refractivity contribution in [2.75, 3.05) is 13.1 Å². The number of carbonyl (C=O) groups excluding carboxylic acids is 2. The van der Waals surface area contributed by atoms with Crippen LogP contribution in [-0.4, -0.2) is 51.9 Å². The van der Waals surface area contributed by atoms with Crippen LogP contribution in [0.1, 0.15) is 73.1 Å². The van der Waals surface area contributed by atoms with E-state index < -0.39 is 0 Å². The van der Waals surface area contributed by atoms with E-state index in [2.05, 4.69) is 44.5 Å². The average Bonchev–Trinajstić information content (AvgIpc) is 3.14. The van der Waals surface area contributed by atoms with E-state index in [1.54, 1.807) is 6.07 Å². The van der Waals surface area contributed by atoms with E-state index in [-0.39, 0.29) is 34.9 Å². The molecular formula is C31H38FN3O3. The Labute approximate surface area is 224 Å². The van der Waals surface area contributed by atoms with Gasteiger partial charge in [0.15, 0.2) is 0 Å². The molecule has 1 unspecified atom stereocenters. The van der Waals surface area contributed by atoms with Crippen LogP contribution in [0.5, 0.6) is 0 Å². The summed E-state index contributed by atoms with van der Waals surface area (Å²) in [6, 6.07) is 11.0. The SMILES string of the molecule is C=C1NC(=O)CCC1N1Cc2c(CCc3cc(CN4CC(C)(C)OC(C)(C)C4)ccc3F)cccc2C1=O. The highest BCUT2D eigenvalue weighted by Crippen LogP contribution is 2.33. The minimum atomic E-state index is -0.237. The van der Waals surface area contributed by atoms with Gasteiger partial charge in [-0.3, -0.25) is 14.5 Å². The summed E-state index contributed by atoms with van der Waals surface area (Å²) in [5.41, 5.74) is 4.64. The minimum absolute atomic E-state index is 0.0336. The standard InChI is InChI=1S/C31H38FN3O3/c1-20-27(13-14-28(36)33-20)35-17-25-22(7-6-8-24(25)29(35)37)10-11-23-15-21(9-12-26(23)32)16-34-18-30(2,3)38-31(4,5)19-34/h6-9,12,15,27H,1,10-11,13-14,16-19H2,2-5H3,(H,33,36). The van der Waals surface area contributed by atoms with Gasteiger partial charge in [0.05, 0.1) is 17.2 Å². The van der Waals surface area contributed by atoms with Crippen molar-refractivity contribution in [3.63, 3.8) is 0 Å². The summed E-state index contributed by atoms with van der Waals surface area (Å²) in [4.78, 5) is 29.1. The Kier molecular flexibility index (Phi) is 6.95. The van der Waals surface area contributed by atoms with Crippen LogP contribution in [0.3, 0.4) is 0 Å². The largest absolute Gasteiger partial charge is 0.367 e. The number of nitrogens with one attached hydrogen (secondary N) is 1. The van der Waals surface area contributed by atoms with Crippen LogP contribution in [0.4, 0.5) is 4.39 Å². The quantitative estimate of drug-likeness (QED) is 0.599. The van der Waals surface area contributed by atoms with Gasteiger partial charge in [-0.15, -0.1) is 0 Å². The molecule has 2 saturated heterocycles. The highest BCUT2D eigenvalue weighted by Gasteiger charge is 2.39. The number of halogens is 1. The molecule has 3 heterocycles. The molecule has 3 aliphatic heterocycles. The fourth-order valence-corrected chi connectivity index (χ4v) is 6.52. The molecule has 2 aromatic rings. The van der Waals surface area contributed by atoms with Crippen molar-refractivity contribution in [2.45, 2.75) is 83.7 Å². The molecule has 3 aliphatic rings. The van der Waals surface area contributed by atoms with Gasteiger partial charge in [-0.1, -0.05) is 30.8 Å². The van der Waals surface area contributed by atoms with Gasteiger partial charge >= 0.3 is 0 Å². The molecule has 0 aliphatic carbocycles. The second-order valence-electron chi connectivity index (χ2n) is 12.2. The molecule has 0 aromatic heterocycles. The number of morpholine rings is 1. The highest BCUT2D eigenvalue weighted by atomic mass is 19.1. The Hall–Kier alpha value is -3.03. The molecule has 1 atom stereocenters. The predicted molar refractivity (Wildman–Crippen MR) is 145 cm³/mol. The van der Waals surface area contributed by atoms with Crippen molar-refractivity contribution in [1.29, 1.82) is 0 Å². The van der Waals surface area contributed by atoms with E-state index in [1.807, 2.05) is 35.2 Å². The van der Waals surface area contributed by atoms with Gasteiger partial charge in [-0.25, -0.2) is 4.39 Å². The van der Waals surface area contributed by atoms with E-state index >= 15 is 0 Å². The molecule has 0 spiro atoms. The first-order chi connectivity index (χ1) is 17.9. The Bertz CT molecular complexity index is 1270. The van der Waals surface area contributed by atoms with Gasteiger partial charge in [0.25, 0.3) is 5.91 Å². The average molecular weight is 520 g/mol. The maximum Gasteiger partial charge on any atom is 0.255 e. The van der Waals surface area contributed by atoms with E-state index in [1.165, 1.54) is 0 Å². The zero-order valence-electron chi connectivity index (χ0n) is 22.9. The Morgan fingerprint density at radius 1 is 1.05 bits per heavy atom. The fraction of sp³-hybridized carbons (Fsp3) is 0.484. The number of piperidine rings is 1. The van der Waals surface area contributed by atoms with Gasteiger partial charge in [0.1, 0.15) is 5.82 Å². The molecule has 7 heteroatoms. The molecule has 0 bridgehead atoms. The van der Waals surface area contributed by atoms with Crippen molar-refractivity contribution in [2.24, 2.45) is 0 Å². The lowest BCUT2D eigenvalue weighted by Gasteiger charge is -2.47. The zero-order chi connectivity index (χ0) is 27.2. The van der Waals surface area contributed by atoms with Crippen LogP contribution in [0.25, 0.3) is 0 Å². The first kappa shape index (κ1) is 26.6. The van der Waals surface area contributed by atoms with Gasteiger partial charge in [-0.2, -0.15) is 0 Å². The van der Waals surface area contributed by atoms with Crippen molar-refractivity contribution >= 4 is 11.8 Å². The lowest BCUT2D eigenvalue weighted by atomic mass is 9.96. The zero-order valence-corrected chi connectivity index (χ0v) is 22.9. The molecule has 2 amide bonds. The summed E-state index contributed by atoms with van der Waals surface area (Å²) in [6.07, 6.45) is 2.15. The van der Waals surface area contributed by atoms with E-state index in [0.717, 1.165) is 36.3 Å². The van der Waals surface area contributed by atoms with Crippen molar-refractivity contribution in [3.05, 3.63) is 82.3 Å². The molecule has 2 aromatic carbocycles. The normalized spacial score (nSPS) is 22.9. The van der Waals surface area contributed by atoms with Crippen LogP contribution in [-0.2, 0) is 35.5 Å². The number of benzene rings is 2. The monoisotopic (exact) mass is 519 g/mol. The van der Waals surface area contributed by atoms with Gasteiger partial charge in [-0.05, 0) is 81.3 Å². The van der Waals surface area contributed by atoms with Crippen LogP contribution >= 0.6 is 0 Å². The highest BCUT2D eigenvalue weighted by molar-refractivity contribution is 5.99. The third kappa shape index (κ3) is 5.54. The summed E-state index contributed by atoms with van der Waals surface area (Å²) >= 11 is 0.